The maximum Gasteiger partial charge on any atom is 0.351 e. The fourth-order valence-electron chi connectivity index (χ4n) is 1.34. The quantitative estimate of drug-likeness (QED) is 0.158. The van der Waals surface area contributed by atoms with Crippen molar-refractivity contribution in [3.05, 3.63) is 12.7 Å². The molecule has 0 fully saturated rings. The van der Waals surface area contributed by atoms with E-state index in [-0.39, 0.29) is 5.75 Å². The summed E-state index contributed by atoms with van der Waals surface area (Å²) in [6, 6.07) is 0. The van der Waals surface area contributed by atoms with E-state index in [4.69, 9.17) is 4.89 Å². The van der Waals surface area contributed by atoms with Crippen molar-refractivity contribution in [2.75, 3.05) is 19.5 Å². The van der Waals surface area contributed by atoms with Crippen molar-refractivity contribution < 1.29 is 24.1 Å². The van der Waals surface area contributed by atoms with Crippen LogP contribution in [0.25, 0.3) is 0 Å². The van der Waals surface area contributed by atoms with Gasteiger partial charge in [-0.15, -0.1) is 0 Å². The van der Waals surface area contributed by atoms with Crippen molar-refractivity contribution in [1.82, 2.24) is 0 Å². The summed E-state index contributed by atoms with van der Waals surface area (Å²) in [4.78, 5) is 29.6. The van der Waals surface area contributed by atoms with Crippen LogP contribution in [0.3, 0.4) is 0 Å². The van der Waals surface area contributed by atoms with Crippen LogP contribution in [0, 0.1) is 0 Å². The molecule has 0 aliphatic rings. The molecular formula is C15H28O5S. The molecule has 0 spiro atoms. The van der Waals surface area contributed by atoms with E-state index < -0.39 is 11.9 Å². The van der Waals surface area contributed by atoms with Gasteiger partial charge in [-0.2, -0.15) is 17.5 Å². The van der Waals surface area contributed by atoms with Gasteiger partial charge in [0.2, 0.25) is 0 Å². The van der Waals surface area contributed by atoms with Crippen LogP contribution in [0.2, 0.25) is 0 Å². The average molecular weight is 320 g/mol. The highest BCUT2D eigenvalue weighted by Crippen LogP contribution is 2.06. The minimum Gasteiger partial charge on any atom is -0.466 e. The molecule has 0 unspecified atom stereocenters. The summed E-state index contributed by atoms with van der Waals surface area (Å²) in [5.41, 5.74) is 0. The molecule has 0 aliphatic carbocycles. The zero-order chi connectivity index (χ0) is 16.3. The third kappa shape index (κ3) is 21.4. The Labute approximate surface area is 133 Å². The Kier molecular flexibility index (Phi) is 20.1. The van der Waals surface area contributed by atoms with E-state index in [1.54, 1.807) is 0 Å². The van der Waals surface area contributed by atoms with Gasteiger partial charge >= 0.3 is 11.9 Å². The van der Waals surface area contributed by atoms with Crippen LogP contribution in [-0.2, 0) is 24.1 Å². The predicted molar refractivity (Wildman–Crippen MR) is 86.1 cm³/mol. The van der Waals surface area contributed by atoms with Crippen LogP contribution in [-0.4, -0.2) is 31.4 Å². The molecule has 5 nitrogen and oxygen atoms in total. The van der Waals surface area contributed by atoms with Gasteiger partial charge in [-0.25, -0.2) is 9.59 Å². The summed E-state index contributed by atoms with van der Waals surface area (Å²) >= 11 is 3.75. The number of carbonyl (C=O) groups is 2. The van der Waals surface area contributed by atoms with Crippen LogP contribution >= 0.6 is 12.6 Å². The Morgan fingerprint density at radius 2 is 1.67 bits per heavy atom. The third-order valence-corrected chi connectivity index (χ3v) is 2.74. The lowest BCUT2D eigenvalue weighted by Crippen LogP contribution is -2.07. The topological polar surface area (TPSA) is 61.8 Å². The third-order valence-electron chi connectivity index (χ3n) is 2.48. The van der Waals surface area contributed by atoms with Gasteiger partial charge in [0.1, 0.15) is 0 Å². The second-order valence-corrected chi connectivity index (χ2v) is 4.60. The first kappa shape index (κ1) is 22.3. The normalized spacial score (nSPS) is 9.29. The highest BCUT2D eigenvalue weighted by Gasteiger charge is 1.98. The molecule has 124 valence electrons. The molecule has 0 saturated carbocycles. The van der Waals surface area contributed by atoms with Gasteiger partial charge in [0, 0.05) is 6.08 Å². The standard InChI is InChI=1S/C11H22O3S.C4H6O2/c1-2-3-4-5-6-7-8-9-13-14-11(12)10-15;1-3-4(5)6-2/h15H,2-10H2,1H3;3H,1H2,2H3. The minimum atomic E-state index is -0.429. The zero-order valence-corrected chi connectivity index (χ0v) is 14.0. The number of ether oxygens (including phenoxy) is 1. The molecule has 21 heavy (non-hydrogen) atoms. The van der Waals surface area contributed by atoms with E-state index in [0.717, 1.165) is 18.9 Å². The highest BCUT2D eigenvalue weighted by atomic mass is 32.1. The fraction of sp³-hybridized carbons (Fsp3) is 0.733. The molecule has 0 aliphatic heterocycles. The minimum absolute atomic E-state index is 0.0665. The number of hydrogen-bond donors (Lipinski definition) is 1. The van der Waals surface area contributed by atoms with Crippen molar-refractivity contribution in [2.24, 2.45) is 0 Å². The number of unbranched alkanes of at least 4 members (excludes halogenated alkanes) is 6. The molecule has 0 aromatic rings. The van der Waals surface area contributed by atoms with E-state index in [1.807, 2.05) is 0 Å². The molecule has 0 radical (unpaired) electrons. The molecule has 0 heterocycles. The molecule has 0 N–H and O–H groups in total. The van der Waals surface area contributed by atoms with Gasteiger partial charge in [0.15, 0.2) is 0 Å². The lowest BCUT2D eigenvalue weighted by Gasteiger charge is -2.02. The van der Waals surface area contributed by atoms with Gasteiger partial charge < -0.3 is 4.74 Å². The van der Waals surface area contributed by atoms with Crippen molar-refractivity contribution in [3.8, 4) is 0 Å². The average Bonchev–Trinajstić information content (AvgIpc) is 2.52. The van der Waals surface area contributed by atoms with Crippen molar-refractivity contribution >= 4 is 24.6 Å². The molecule has 0 saturated heterocycles. The predicted octanol–water partition coefficient (Wildman–Crippen LogP) is 3.49. The first-order valence-corrected chi connectivity index (χ1v) is 7.89. The summed E-state index contributed by atoms with van der Waals surface area (Å²) in [7, 11) is 1.31. The fourth-order valence-corrected chi connectivity index (χ4v) is 1.39. The first-order chi connectivity index (χ1) is 10.1. The van der Waals surface area contributed by atoms with Crippen LogP contribution < -0.4 is 0 Å². The highest BCUT2D eigenvalue weighted by molar-refractivity contribution is 7.81. The molecule has 0 aromatic heterocycles. The smallest absolute Gasteiger partial charge is 0.351 e. The number of hydrogen-bond acceptors (Lipinski definition) is 6. The summed E-state index contributed by atoms with van der Waals surface area (Å²) < 4.78 is 4.14. The molecule has 6 heteroatoms. The Bertz CT molecular complexity index is 269. The number of carbonyl (C=O) groups excluding carboxylic acids is 2. The van der Waals surface area contributed by atoms with Crippen LogP contribution in [0.5, 0.6) is 0 Å². The van der Waals surface area contributed by atoms with Crippen molar-refractivity contribution in [3.63, 3.8) is 0 Å². The largest absolute Gasteiger partial charge is 0.466 e. The van der Waals surface area contributed by atoms with Crippen LogP contribution in [0.15, 0.2) is 12.7 Å². The first-order valence-electron chi connectivity index (χ1n) is 7.25. The Morgan fingerprint density at radius 3 is 2.10 bits per heavy atom. The van der Waals surface area contributed by atoms with Gasteiger partial charge in [0.05, 0.1) is 19.5 Å². The van der Waals surface area contributed by atoms with Crippen molar-refractivity contribution in [1.29, 1.82) is 0 Å². The lowest BCUT2D eigenvalue weighted by molar-refractivity contribution is -0.270. The summed E-state index contributed by atoms with van der Waals surface area (Å²) in [5, 5.41) is 0. The number of thiol groups is 1. The van der Waals surface area contributed by atoms with Gasteiger partial charge in [0.25, 0.3) is 0 Å². The summed E-state index contributed by atoms with van der Waals surface area (Å²) in [6.07, 6.45) is 9.67. The number of rotatable bonds is 11. The lowest BCUT2D eigenvalue weighted by atomic mass is 10.1. The Hall–Kier alpha value is -1.01. The van der Waals surface area contributed by atoms with E-state index in [9.17, 15) is 9.59 Å². The van der Waals surface area contributed by atoms with Crippen molar-refractivity contribution in [2.45, 2.75) is 51.9 Å². The summed E-state index contributed by atoms with van der Waals surface area (Å²) in [5.74, 6) is -0.756. The second-order valence-electron chi connectivity index (χ2n) is 4.28. The Morgan fingerprint density at radius 1 is 1.10 bits per heavy atom. The van der Waals surface area contributed by atoms with E-state index in [2.05, 4.69) is 35.8 Å². The van der Waals surface area contributed by atoms with Gasteiger partial charge in [-0.1, -0.05) is 52.0 Å². The maximum atomic E-state index is 10.6. The Balaban J connectivity index is 0. The second kappa shape index (κ2) is 19.0. The number of esters is 1. The van der Waals surface area contributed by atoms with E-state index in [0.29, 0.717) is 6.61 Å². The maximum absolute atomic E-state index is 10.6. The molecule has 0 bridgehead atoms. The van der Waals surface area contributed by atoms with Crippen LogP contribution in [0.4, 0.5) is 0 Å². The molecule has 0 rings (SSSR count). The number of methoxy groups -OCH3 is 1. The molecular weight excluding hydrogens is 292 g/mol. The zero-order valence-electron chi connectivity index (χ0n) is 13.1. The van der Waals surface area contributed by atoms with Crippen LogP contribution in [0.1, 0.15) is 51.9 Å². The SMILES string of the molecule is C=CC(=O)OC.CCCCCCCCCOOC(=O)CS. The monoisotopic (exact) mass is 320 g/mol. The molecule has 0 aromatic carbocycles. The van der Waals surface area contributed by atoms with Gasteiger partial charge in [-0.3, -0.25) is 4.89 Å². The van der Waals surface area contributed by atoms with E-state index in [1.165, 1.54) is 39.2 Å². The summed E-state index contributed by atoms with van der Waals surface area (Å²) in [6.45, 7) is 5.86. The molecule has 0 atom stereocenters. The molecule has 0 amide bonds. The van der Waals surface area contributed by atoms with E-state index >= 15 is 0 Å². The van der Waals surface area contributed by atoms with Gasteiger partial charge in [-0.05, 0) is 6.42 Å².